The standard InChI is InChI=1S/C10F14NO4S2/c11-1-2(12)4(14)6(5(15)3(1)13)30(26,27)25-31(28,29)7(8(16,17)18,9(19,20)21)10(22,23)24/q-1. The molecule has 0 spiro atoms. The van der Waals surface area contributed by atoms with Crippen molar-refractivity contribution in [1.82, 2.24) is 0 Å². The summed E-state index contributed by atoms with van der Waals surface area (Å²) in [7, 11) is -15.9. The van der Waals surface area contributed by atoms with Crippen LogP contribution in [0.4, 0.5) is 61.5 Å². The lowest BCUT2D eigenvalue weighted by Crippen LogP contribution is -2.70. The zero-order chi connectivity index (χ0) is 25.2. The average molecular weight is 528 g/mol. The normalized spacial score (nSPS) is 14.8. The molecule has 0 unspecified atom stereocenters. The van der Waals surface area contributed by atoms with E-state index in [2.05, 4.69) is 0 Å². The number of sulfonamides is 2. The molecule has 0 atom stereocenters. The lowest BCUT2D eigenvalue weighted by molar-refractivity contribution is -0.347. The van der Waals surface area contributed by atoms with Crippen molar-refractivity contribution in [2.45, 2.75) is 28.2 Å². The van der Waals surface area contributed by atoms with Crippen LogP contribution in [0, 0.1) is 29.1 Å². The number of nitrogens with zero attached hydrogens (tertiary/aromatic N) is 1. The summed E-state index contributed by atoms with van der Waals surface area (Å²) in [5.74, 6) is -16.6. The van der Waals surface area contributed by atoms with Crippen LogP contribution in [-0.2, 0) is 20.0 Å². The minimum absolute atomic E-state index is 0.665. The van der Waals surface area contributed by atoms with Crippen LogP contribution in [0.3, 0.4) is 0 Å². The maximum atomic E-state index is 13.5. The van der Waals surface area contributed by atoms with Gasteiger partial charge >= 0.3 is 23.3 Å². The van der Waals surface area contributed by atoms with Crippen LogP contribution in [-0.4, -0.2) is 40.1 Å². The Hall–Kier alpha value is -1.90. The molecular formula is C10F14NO4S2-. The highest BCUT2D eigenvalue weighted by atomic mass is 32.3. The molecule has 1 aromatic rings. The lowest BCUT2D eigenvalue weighted by Gasteiger charge is -2.41. The van der Waals surface area contributed by atoms with Crippen molar-refractivity contribution in [3.63, 3.8) is 0 Å². The fourth-order valence-electron chi connectivity index (χ4n) is 1.95. The molecule has 0 aromatic heterocycles. The first kappa shape index (κ1) is 27.1. The Kier molecular flexibility index (Phi) is 6.41. The highest BCUT2D eigenvalue weighted by Gasteiger charge is 2.88. The van der Waals surface area contributed by atoms with Crippen molar-refractivity contribution >= 4 is 20.0 Å². The molecule has 0 radical (unpaired) electrons. The van der Waals surface area contributed by atoms with Crippen LogP contribution >= 0.6 is 0 Å². The molecule has 0 fully saturated rings. The third-order valence-corrected chi connectivity index (χ3v) is 7.12. The molecular weight excluding hydrogens is 528 g/mol. The molecule has 0 saturated heterocycles. The van der Waals surface area contributed by atoms with Crippen LogP contribution in [0.1, 0.15) is 0 Å². The summed E-state index contributed by atoms with van der Waals surface area (Å²) >= 11 is 0. The van der Waals surface area contributed by atoms with Crippen molar-refractivity contribution in [3.05, 3.63) is 33.2 Å². The summed E-state index contributed by atoms with van der Waals surface area (Å²) < 4.78 is 220. The highest BCUT2D eigenvalue weighted by Crippen LogP contribution is 2.59. The van der Waals surface area contributed by atoms with E-state index in [1.54, 1.807) is 0 Å². The third-order valence-electron chi connectivity index (χ3n) is 3.21. The Balaban J connectivity index is 4.01. The fraction of sp³-hybridized carbons (Fsp3) is 0.400. The summed E-state index contributed by atoms with van der Waals surface area (Å²) in [5.41, 5.74) is 0. The molecule has 1 rings (SSSR count). The summed E-state index contributed by atoms with van der Waals surface area (Å²) in [6.45, 7) is 0. The van der Waals surface area contributed by atoms with Gasteiger partial charge < -0.3 is 4.13 Å². The Morgan fingerprint density at radius 3 is 1.03 bits per heavy atom. The highest BCUT2D eigenvalue weighted by molar-refractivity contribution is 8.13. The summed E-state index contributed by atoms with van der Waals surface area (Å²) in [5, 5.41) is 0. The summed E-state index contributed by atoms with van der Waals surface area (Å²) in [6.07, 6.45) is -23.8. The van der Waals surface area contributed by atoms with Gasteiger partial charge in [0.1, 0.15) is 24.9 Å². The van der Waals surface area contributed by atoms with Crippen LogP contribution < -0.4 is 0 Å². The van der Waals surface area contributed by atoms with Gasteiger partial charge in [0.05, 0.1) is 0 Å². The summed E-state index contributed by atoms with van der Waals surface area (Å²) in [4.78, 5) is -3.42. The monoisotopic (exact) mass is 528 g/mol. The Morgan fingerprint density at radius 1 is 0.516 bits per heavy atom. The summed E-state index contributed by atoms with van der Waals surface area (Å²) in [6, 6.07) is 0. The molecule has 5 nitrogen and oxygen atoms in total. The number of benzene rings is 1. The first-order valence-electron chi connectivity index (χ1n) is 6.34. The number of hydrogen-bond donors (Lipinski definition) is 0. The topological polar surface area (TPSA) is 82.4 Å². The van der Waals surface area contributed by atoms with Gasteiger partial charge in [-0.15, -0.1) is 0 Å². The van der Waals surface area contributed by atoms with Gasteiger partial charge in [0.25, 0.3) is 0 Å². The van der Waals surface area contributed by atoms with E-state index in [1.807, 2.05) is 0 Å². The van der Waals surface area contributed by atoms with Gasteiger partial charge in [-0.25, -0.2) is 38.8 Å². The number of halogens is 14. The zero-order valence-corrected chi connectivity index (χ0v) is 14.8. The van der Waals surface area contributed by atoms with Crippen molar-refractivity contribution in [3.8, 4) is 0 Å². The second-order valence-electron chi connectivity index (χ2n) is 5.10. The smallest absolute Gasteiger partial charge is 0.424 e. The maximum absolute atomic E-state index is 13.5. The second kappa shape index (κ2) is 7.32. The van der Waals surface area contributed by atoms with E-state index in [4.69, 9.17) is 0 Å². The molecule has 0 amide bonds. The number of hydrogen-bond acceptors (Lipinski definition) is 4. The SMILES string of the molecule is O=S(=O)([N-]S(=O)(=O)C(C(F)(F)F)(C(F)(F)F)C(F)(F)F)c1c(F)c(F)c(F)c(F)c1F. The largest absolute Gasteiger partial charge is 0.430 e. The van der Waals surface area contributed by atoms with Gasteiger partial charge in [-0.05, 0) is 0 Å². The van der Waals surface area contributed by atoms with Gasteiger partial charge in [0, 0.05) is 0 Å². The van der Waals surface area contributed by atoms with Crippen LogP contribution in [0.2, 0.25) is 0 Å². The van der Waals surface area contributed by atoms with E-state index in [-0.39, 0.29) is 0 Å². The lowest BCUT2D eigenvalue weighted by atomic mass is 10.1. The van der Waals surface area contributed by atoms with Gasteiger partial charge in [-0.1, -0.05) is 0 Å². The van der Waals surface area contributed by atoms with E-state index in [1.165, 1.54) is 0 Å². The van der Waals surface area contributed by atoms with E-state index in [9.17, 15) is 78.3 Å². The molecule has 0 aliphatic heterocycles. The fourth-order valence-corrected chi connectivity index (χ4v) is 5.24. The van der Waals surface area contributed by atoms with Gasteiger partial charge in [-0.2, -0.15) is 39.5 Å². The maximum Gasteiger partial charge on any atom is 0.424 e. The van der Waals surface area contributed by atoms with Crippen molar-refractivity contribution < 1.29 is 78.3 Å². The molecule has 0 saturated carbocycles. The Bertz CT molecular complexity index is 1030. The second-order valence-corrected chi connectivity index (χ2v) is 8.62. The van der Waals surface area contributed by atoms with Crippen molar-refractivity contribution in [2.75, 3.05) is 0 Å². The van der Waals surface area contributed by atoms with Crippen LogP contribution in [0.15, 0.2) is 4.90 Å². The van der Waals surface area contributed by atoms with Crippen LogP contribution in [0.25, 0.3) is 4.13 Å². The van der Waals surface area contributed by atoms with Crippen LogP contribution in [0.5, 0.6) is 0 Å². The first-order valence-corrected chi connectivity index (χ1v) is 9.22. The molecule has 0 N–H and O–H groups in total. The van der Waals surface area contributed by atoms with E-state index in [0.717, 1.165) is 0 Å². The van der Waals surface area contributed by atoms with Crippen molar-refractivity contribution in [2.24, 2.45) is 0 Å². The molecule has 180 valence electrons. The minimum Gasteiger partial charge on any atom is -0.430 e. The first-order chi connectivity index (χ1) is 13.4. The molecule has 0 aliphatic carbocycles. The van der Waals surface area contributed by atoms with E-state index in [0.29, 0.717) is 4.13 Å². The predicted octanol–water partition coefficient (Wildman–Crippen LogP) is 4.20. The quantitative estimate of drug-likeness (QED) is 0.334. The van der Waals surface area contributed by atoms with E-state index < -0.39 is 77.3 Å². The zero-order valence-electron chi connectivity index (χ0n) is 13.2. The number of rotatable bonds is 4. The molecule has 0 heterocycles. The number of alkyl halides is 9. The molecule has 0 aliphatic rings. The Labute approximate surface area is 160 Å². The van der Waals surface area contributed by atoms with Gasteiger partial charge in [0.2, 0.25) is 5.82 Å². The molecule has 21 heteroatoms. The molecule has 0 bridgehead atoms. The molecule has 31 heavy (non-hydrogen) atoms. The average Bonchev–Trinajstić information content (AvgIpc) is 2.44. The molecule has 1 aromatic carbocycles. The van der Waals surface area contributed by atoms with Gasteiger partial charge in [0.15, 0.2) is 23.3 Å². The van der Waals surface area contributed by atoms with Crippen molar-refractivity contribution in [1.29, 1.82) is 0 Å². The van der Waals surface area contributed by atoms with E-state index >= 15 is 0 Å². The third kappa shape index (κ3) is 3.90. The minimum atomic E-state index is -8.54. The predicted molar refractivity (Wildman–Crippen MR) is 66.6 cm³/mol. The van der Waals surface area contributed by atoms with Gasteiger partial charge in [-0.3, -0.25) is 0 Å². The Morgan fingerprint density at radius 2 is 0.774 bits per heavy atom.